The van der Waals surface area contributed by atoms with Crippen molar-refractivity contribution in [1.82, 2.24) is 9.97 Å². The van der Waals surface area contributed by atoms with Gasteiger partial charge in [-0.1, -0.05) is 12.1 Å². The van der Waals surface area contributed by atoms with Gasteiger partial charge >= 0.3 is 0 Å². The molecule has 88 valence electrons. The number of fused-ring (bicyclic) bond motifs is 1. The van der Waals surface area contributed by atoms with Gasteiger partial charge in [0.15, 0.2) is 0 Å². The molecule has 3 aromatic rings. The molecule has 1 aromatic carbocycles. The lowest BCUT2D eigenvalue weighted by Crippen LogP contribution is -1.86. The SMILES string of the molecule is Cc1ccc2cc(-c3ccc(O)cn3)ccc2n1. The van der Waals surface area contributed by atoms with Crippen LogP contribution in [0.25, 0.3) is 22.2 Å². The number of aromatic hydroxyl groups is 1. The quantitative estimate of drug-likeness (QED) is 0.705. The minimum absolute atomic E-state index is 0.178. The Kier molecular flexibility index (Phi) is 2.45. The summed E-state index contributed by atoms with van der Waals surface area (Å²) >= 11 is 0. The zero-order chi connectivity index (χ0) is 12.5. The molecule has 0 aliphatic carbocycles. The number of rotatable bonds is 1. The number of aromatic nitrogens is 2. The fraction of sp³-hybridized carbons (Fsp3) is 0.0667. The minimum atomic E-state index is 0.178. The van der Waals surface area contributed by atoms with Crippen LogP contribution in [-0.2, 0) is 0 Å². The fourth-order valence-electron chi connectivity index (χ4n) is 1.94. The summed E-state index contributed by atoms with van der Waals surface area (Å²) in [6.07, 6.45) is 1.45. The number of aryl methyl sites for hydroxylation is 1. The van der Waals surface area contributed by atoms with Crippen molar-refractivity contribution in [3.8, 4) is 17.0 Å². The molecule has 1 N–H and O–H groups in total. The maximum absolute atomic E-state index is 9.23. The molecular formula is C15H12N2O. The van der Waals surface area contributed by atoms with Crippen molar-refractivity contribution in [2.45, 2.75) is 6.92 Å². The van der Waals surface area contributed by atoms with Crippen molar-refractivity contribution in [2.24, 2.45) is 0 Å². The summed E-state index contributed by atoms with van der Waals surface area (Å²) in [6.45, 7) is 1.98. The van der Waals surface area contributed by atoms with Gasteiger partial charge in [-0.2, -0.15) is 0 Å². The van der Waals surface area contributed by atoms with Crippen LogP contribution in [-0.4, -0.2) is 15.1 Å². The first-order valence-corrected chi connectivity index (χ1v) is 5.75. The van der Waals surface area contributed by atoms with E-state index in [0.29, 0.717) is 0 Å². The molecule has 0 spiro atoms. The van der Waals surface area contributed by atoms with Crippen molar-refractivity contribution in [3.05, 3.63) is 54.4 Å². The van der Waals surface area contributed by atoms with Crippen LogP contribution in [0.2, 0.25) is 0 Å². The summed E-state index contributed by atoms with van der Waals surface area (Å²) in [7, 11) is 0. The number of hydrogen-bond donors (Lipinski definition) is 1. The van der Waals surface area contributed by atoms with Gasteiger partial charge in [0, 0.05) is 16.6 Å². The van der Waals surface area contributed by atoms with Crippen LogP contribution in [0.3, 0.4) is 0 Å². The van der Waals surface area contributed by atoms with E-state index in [4.69, 9.17) is 0 Å². The van der Waals surface area contributed by atoms with Crippen molar-refractivity contribution in [1.29, 1.82) is 0 Å². The molecule has 0 unspecified atom stereocenters. The maximum atomic E-state index is 9.23. The molecule has 0 amide bonds. The smallest absolute Gasteiger partial charge is 0.133 e. The second-order valence-corrected chi connectivity index (χ2v) is 4.26. The molecule has 0 radical (unpaired) electrons. The Morgan fingerprint density at radius 1 is 1.00 bits per heavy atom. The van der Waals surface area contributed by atoms with Crippen molar-refractivity contribution in [3.63, 3.8) is 0 Å². The number of benzene rings is 1. The Morgan fingerprint density at radius 2 is 1.89 bits per heavy atom. The average Bonchev–Trinajstić information content (AvgIpc) is 2.39. The predicted molar refractivity (Wildman–Crippen MR) is 71.4 cm³/mol. The molecule has 0 saturated carbocycles. The van der Waals surface area contributed by atoms with Crippen molar-refractivity contribution >= 4 is 10.9 Å². The van der Waals surface area contributed by atoms with Crippen molar-refractivity contribution in [2.75, 3.05) is 0 Å². The first kappa shape index (κ1) is 10.7. The van der Waals surface area contributed by atoms with Gasteiger partial charge in [-0.15, -0.1) is 0 Å². The van der Waals surface area contributed by atoms with E-state index in [1.807, 2.05) is 25.1 Å². The van der Waals surface area contributed by atoms with Crippen molar-refractivity contribution < 1.29 is 5.11 Å². The molecule has 0 saturated heterocycles. The lowest BCUT2D eigenvalue weighted by molar-refractivity contribution is 0.473. The molecule has 2 aromatic heterocycles. The summed E-state index contributed by atoms with van der Waals surface area (Å²) in [6, 6.07) is 13.5. The first-order valence-electron chi connectivity index (χ1n) is 5.75. The third kappa shape index (κ3) is 1.91. The maximum Gasteiger partial charge on any atom is 0.133 e. The highest BCUT2D eigenvalue weighted by molar-refractivity contribution is 5.83. The third-order valence-corrected chi connectivity index (χ3v) is 2.87. The van der Waals surface area contributed by atoms with Gasteiger partial charge in [-0.05, 0) is 37.3 Å². The summed E-state index contributed by atoms with van der Waals surface area (Å²) in [4.78, 5) is 8.67. The highest BCUT2D eigenvalue weighted by Gasteiger charge is 2.02. The Balaban J connectivity index is 2.13. The first-order chi connectivity index (χ1) is 8.72. The number of pyridine rings is 2. The van der Waals surface area contributed by atoms with E-state index in [9.17, 15) is 5.11 Å². The molecule has 0 bridgehead atoms. The van der Waals surface area contributed by atoms with E-state index < -0.39 is 0 Å². The summed E-state index contributed by atoms with van der Waals surface area (Å²) in [5.41, 5.74) is 3.86. The zero-order valence-corrected chi connectivity index (χ0v) is 9.96. The molecule has 3 rings (SSSR count). The highest BCUT2D eigenvalue weighted by atomic mass is 16.3. The van der Waals surface area contributed by atoms with Crippen LogP contribution in [0.1, 0.15) is 5.69 Å². The summed E-state index contributed by atoms with van der Waals surface area (Å²) < 4.78 is 0. The normalized spacial score (nSPS) is 10.7. The largest absolute Gasteiger partial charge is 0.506 e. The molecule has 0 fully saturated rings. The summed E-state index contributed by atoms with van der Waals surface area (Å²) in [5, 5.41) is 10.3. The van der Waals surface area contributed by atoms with E-state index in [2.05, 4.69) is 22.1 Å². The fourth-order valence-corrected chi connectivity index (χ4v) is 1.94. The van der Waals surface area contributed by atoms with E-state index in [1.54, 1.807) is 12.1 Å². The lowest BCUT2D eigenvalue weighted by atomic mass is 10.1. The Morgan fingerprint density at radius 3 is 2.67 bits per heavy atom. The second-order valence-electron chi connectivity index (χ2n) is 4.26. The average molecular weight is 236 g/mol. The molecule has 3 heteroatoms. The Labute approximate surface area is 105 Å². The molecule has 3 nitrogen and oxygen atoms in total. The van der Waals surface area contributed by atoms with Crippen LogP contribution in [0, 0.1) is 6.92 Å². The Hall–Kier alpha value is -2.42. The Bertz CT molecular complexity index is 705. The molecule has 2 heterocycles. The van der Waals surface area contributed by atoms with Gasteiger partial charge in [0.05, 0.1) is 17.4 Å². The van der Waals surface area contributed by atoms with Crippen LogP contribution in [0.5, 0.6) is 5.75 Å². The highest BCUT2D eigenvalue weighted by Crippen LogP contribution is 2.23. The van der Waals surface area contributed by atoms with Gasteiger partial charge in [0.1, 0.15) is 5.75 Å². The topological polar surface area (TPSA) is 46.0 Å². The monoisotopic (exact) mass is 236 g/mol. The van der Waals surface area contributed by atoms with Crippen LogP contribution >= 0.6 is 0 Å². The number of hydrogen-bond acceptors (Lipinski definition) is 3. The molecule has 0 atom stereocenters. The molecule has 0 aliphatic rings. The molecule has 0 aliphatic heterocycles. The predicted octanol–water partition coefficient (Wildman–Crippen LogP) is 3.31. The van der Waals surface area contributed by atoms with Crippen LogP contribution in [0.15, 0.2) is 48.7 Å². The lowest BCUT2D eigenvalue weighted by Gasteiger charge is -2.04. The van der Waals surface area contributed by atoms with Gasteiger partial charge in [0.2, 0.25) is 0 Å². The third-order valence-electron chi connectivity index (χ3n) is 2.87. The standard InChI is InChI=1S/C15H12N2O/c1-10-2-3-12-8-11(4-6-15(12)17-10)14-7-5-13(18)9-16-14/h2-9,18H,1H3. The summed E-state index contributed by atoms with van der Waals surface area (Å²) in [5.74, 6) is 0.178. The van der Waals surface area contributed by atoms with E-state index in [1.165, 1.54) is 6.20 Å². The van der Waals surface area contributed by atoms with Gasteiger partial charge in [0.25, 0.3) is 0 Å². The van der Waals surface area contributed by atoms with E-state index >= 15 is 0 Å². The van der Waals surface area contributed by atoms with E-state index in [0.717, 1.165) is 27.9 Å². The molecular weight excluding hydrogens is 224 g/mol. The van der Waals surface area contributed by atoms with Crippen LogP contribution < -0.4 is 0 Å². The van der Waals surface area contributed by atoms with Gasteiger partial charge in [-0.3, -0.25) is 9.97 Å². The second kappa shape index (κ2) is 4.11. The minimum Gasteiger partial charge on any atom is -0.506 e. The van der Waals surface area contributed by atoms with E-state index in [-0.39, 0.29) is 5.75 Å². The van der Waals surface area contributed by atoms with Crippen LogP contribution in [0.4, 0.5) is 0 Å². The van der Waals surface area contributed by atoms with Gasteiger partial charge in [-0.25, -0.2) is 0 Å². The molecule has 18 heavy (non-hydrogen) atoms. The zero-order valence-electron chi connectivity index (χ0n) is 9.96. The number of nitrogens with zero attached hydrogens (tertiary/aromatic N) is 2. The van der Waals surface area contributed by atoms with Gasteiger partial charge < -0.3 is 5.11 Å².